The van der Waals surface area contributed by atoms with Crippen LogP contribution in [0.2, 0.25) is 0 Å². The van der Waals surface area contributed by atoms with Crippen molar-refractivity contribution in [1.82, 2.24) is 10.2 Å². The minimum Gasteiger partial charge on any atom is -0.388 e. The molecule has 3 nitrogen and oxygen atoms in total. The molecule has 17 heavy (non-hydrogen) atoms. The summed E-state index contributed by atoms with van der Waals surface area (Å²) >= 11 is 5.28. The van der Waals surface area contributed by atoms with Crippen LogP contribution < -0.4 is 5.32 Å². The van der Waals surface area contributed by atoms with E-state index in [2.05, 4.69) is 34.2 Å². The van der Waals surface area contributed by atoms with E-state index in [1.54, 1.807) is 11.3 Å². The van der Waals surface area contributed by atoms with E-state index in [-0.39, 0.29) is 0 Å². The van der Waals surface area contributed by atoms with Crippen molar-refractivity contribution in [2.45, 2.75) is 26.0 Å². The van der Waals surface area contributed by atoms with E-state index in [0.29, 0.717) is 13.1 Å². The maximum Gasteiger partial charge on any atom is 0.0869 e. The molecule has 0 saturated heterocycles. The zero-order valence-corrected chi connectivity index (χ0v) is 13.3. The Bertz CT molecular complexity index is 344. The average Bonchev–Trinajstić information content (AvgIpc) is 2.43. The van der Waals surface area contributed by atoms with Crippen LogP contribution in [0, 0.1) is 6.92 Å². The summed E-state index contributed by atoms with van der Waals surface area (Å²) in [5.41, 5.74) is -0.687. The zero-order valence-electron chi connectivity index (χ0n) is 10.9. The van der Waals surface area contributed by atoms with Crippen LogP contribution in [-0.4, -0.2) is 42.8 Å². The zero-order chi connectivity index (χ0) is 13.1. The standard InChI is InChI=1S/C12H21BrN2OS/c1-9-11(13)5-10(17-9)6-14-7-12(2,16)8-15(3)4/h5,14,16H,6-8H2,1-4H3. The Morgan fingerprint density at radius 3 is 2.65 bits per heavy atom. The topological polar surface area (TPSA) is 35.5 Å². The molecule has 0 spiro atoms. The Hall–Kier alpha value is 0.0600. The van der Waals surface area contributed by atoms with Gasteiger partial charge in [0.05, 0.1) is 5.60 Å². The first-order chi connectivity index (χ1) is 7.80. The van der Waals surface area contributed by atoms with Gasteiger partial charge in [-0.05, 0) is 49.9 Å². The molecule has 1 unspecified atom stereocenters. The lowest BCUT2D eigenvalue weighted by atomic mass is 10.1. The highest BCUT2D eigenvalue weighted by Crippen LogP contribution is 2.26. The Kier molecular flexibility index (Phi) is 5.60. The average molecular weight is 321 g/mol. The molecule has 0 aliphatic rings. The first-order valence-electron chi connectivity index (χ1n) is 5.63. The second-order valence-corrected chi connectivity index (χ2v) is 7.15. The molecule has 1 atom stereocenters. The van der Waals surface area contributed by atoms with Crippen molar-refractivity contribution < 1.29 is 5.11 Å². The van der Waals surface area contributed by atoms with Gasteiger partial charge in [-0.25, -0.2) is 0 Å². The van der Waals surface area contributed by atoms with Gasteiger partial charge in [-0.15, -0.1) is 11.3 Å². The quantitative estimate of drug-likeness (QED) is 0.843. The highest BCUT2D eigenvalue weighted by atomic mass is 79.9. The van der Waals surface area contributed by atoms with Crippen molar-refractivity contribution in [1.29, 1.82) is 0 Å². The van der Waals surface area contributed by atoms with E-state index in [4.69, 9.17) is 0 Å². The number of thiophene rings is 1. The van der Waals surface area contributed by atoms with Gasteiger partial charge in [-0.1, -0.05) is 0 Å². The first-order valence-corrected chi connectivity index (χ1v) is 7.24. The van der Waals surface area contributed by atoms with Gasteiger partial charge in [0, 0.05) is 33.9 Å². The van der Waals surface area contributed by atoms with Crippen molar-refractivity contribution in [3.8, 4) is 0 Å². The van der Waals surface area contributed by atoms with Gasteiger partial charge < -0.3 is 15.3 Å². The van der Waals surface area contributed by atoms with Gasteiger partial charge in [0.2, 0.25) is 0 Å². The second-order valence-electron chi connectivity index (χ2n) is 4.96. The van der Waals surface area contributed by atoms with Crippen LogP contribution in [0.1, 0.15) is 16.7 Å². The summed E-state index contributed by atoms with van der Waals surface area (Å²) in [4.78, 5) is 4.57. The maximum atomic E-state index is 10.1. The van der Waals surface area contributed by atoms with E-state index in [9.17, 15) is 5.11 Å². The number of hydrogen-bond donors (Lipinski definition) is 2. The predicted octanol–water partition coefficient (Wildman–Crippen LogP) is 2.22. The molecule has 0 saturated carbocycles. The smallest absolute Gasteiger partial charge is 0.0869 e. The number of nitrogens with one attached hydrogen (secondary N) is 1. The van der Waals surface area contributed by atoms with Crippen LogP contribution in [0.25, 0.3) is 0 Å². The number of hydrogen-bond acceptors (Lipinski definition) is 4. The SMILES string of the molecule is Cc1sc(CNCC(C)(O)CN(C)C)cc1Br. The molecular weight excluding hydrogens is 300 g/mol. The minimum absolute atomic E-state index is 0.597. The van der Waals surface area contributed by atoms with Crippen LogP contribution in [0.15, 0.2) is 10.5 Å². The number of rotatable bonds is 6. The maximum absolute atomic E-state index is 10.1. The lowest BCUT2D eigenvalue weighted by molar-refractivity contribution is 0.0336. The van der Waals surface area contributed by atoms with Gasteiger partial charge in [0.15, 0.2) is 0 Å². The molecule has 1 aromatic rings. The van der Waals surface area contributed by atoms with Crippen LogP contribution in [0.5, 0.6) is 0 Å². The normalized spacial score (nSPS) is 15.2. The molecule has 98 valence electrons. The lowest BCUT2D eigenvalue weighted by Crippen LogP contribution is -2.45. The molecule has 0 fully saturated rings. The number of nitrogens with zero attached hydrogens (tertiary/aromatic N) is 1. The number of aliphatic hydroxyl groups is 1. The predicted molar refractivity (Wildman–Crippen MR) is 77.6 cm³/mol. The first kappa shape index (κ1) is 15.1. The number of likely N-dealkylation sites (N-methyl/N-ethyl adjacent to an activating group) is 1. The molecule has 0 amide bonds. The van der Waals surface area contributed by atoms with Crippen molar-refractivity contribution in [2.75, 3.05) is 27.2 Å². The third-order valence-corrected chi connectivity index (χ3v) is 4.51. The Morgan fingerprint density at radius 2 is 2.18 bits per heavy atom. The summed E-state index contributed by atoms with van der Waals surface area (Å²) in [6.45, 7) is 6.02. The molecule has 1 rings (SSSR count). The van der Waals surface area contributed by atoms with E-state index in [1.807, 2.05) is 25.9 Å². The van der Waals surface area contributed by atoms with Gasteiger partial charge in [-0.3, -0.25) is 0 Å². The molecule has 0 aliphatic heterocycles. The number of halogens is 1. The summed E-state index contributed by atoms with van der Waals surface area (Å²) in [7, 11) is 3.93. The highest BCUT2D eigenvalue weighted by Gasteiger charge is 2.20. The Balaban J connectivity index is 2.37. The van der Waals surface area contributed by atoms with Gasteiger partial charge in [0.25, 0.3) is 0 Å². The van der Waals surface area contributed by atoms with Crippen molar-refractivity contribution >= 4 is 27.3 Å². The van der Waals surface area contributed by atoms with Gasteiger partial charge in [-0.2, -0.15) is 0 Å². The van der Waals surface area contributed by atoms with E-state index >= 15 is 0 Å². The molecule has 5 heteroatoms. The monoisotopic (exact) mass is 320 g/mol. The Labute approximate surface area is 116 Å². The lowest BCUT2D eigenvalue weighted by Gasteiger charge is -2.27. The van der Waals surface area contributed by atoms with E-state index < -0.39 is 5.60 Å². The largest absolute Gasteiger partial charge is 0.388 e. The molecular formula is C12H21BrN2OS. The molecule has 0 radical (unpaired) electrons. The summed E-state index contributed by atoms with van der Waals surface area (Å²) in [5.74, 6) is 0. The van der Waals surface area contributed by atoms with Crippen LogP contribution >= 0.6 is 27.3 Å². The van der Waals surface area contributed by atoms with Crippen LogP contribution in [-0.2, 0) is 6.54 Å². The third-order valence-electron chi connectivity index (χ3n) is 2.37. The van der Waals surface area contributed by atoms with E-state index in [1.165, 1.54) is 14.2 Å². The molecule has 2 N–H and O–H groups in total. The molecule has 0 bridgehead atoms. The summed E-state index contributed by atoms with van der Waals surface area (Å²) in [5, 5.41) is 13.4. The molecule has 0 aliphatic carbocycles. The molecule has 0 aromatic carbocycles. The molecule has 1 aromatic heterocycles. The minimum atomic E-state index is -0.687. The third kappa shape index (κ3) is 5.48. The number of aryl methyl sites for hydroxylation is 1. The highest BCUT2D eigenvalue weighted by molar-refractivity contribution is 9.10. The summed E-state index contributed by atoms with van der Waals surface area (Å²) in [6, 6.07) is 2.13. The van der Waals surface area contributed by atoms with Crippen LogP contribution in [0.4, 0.5) is 0 Å². The van der Waals surface area contributed by atoms with Crippen LogP contribution in [0.3, 0.4) is 0 Å². The Morgan fingerprint density at radius 1 is 1.53 bits per heavy atom. The van der Waals surface area contributed by atoms with Crippen molar-refractivity contribution in [3.05, 3.63) is 20.3 Å². The summed E-state index contributed by atoms with van der Waals surface area (Å²) < 4.78 is 1.17. The second kappa shape index (κ2) is 6.29. The van der Waals surface area contributed by atoms with Crippen molar-refractivity contribution in [2.24, 2.45) is 0 Å². The van der Waals surface area contributed by atoms with Gasteiger partial charge >= 0.3 is 0 Å². The van der Waals surface area contributed by atoms with Gasteiger partial charge in [0.1, 0.15) is 0 Å². The summed E-state index contributed by atoms with van der Waals surface area (Å²) in [6.07, 6.45) is 0. The van der Waals surface area contributed by atoms with Crippen molar-refractivity contribution in [3.63, 3.8) is 0 Å². The fourth-order valence-corrected chi connectivity index (χ4v) is 3.37. The fraction of sp³-hybridized carbons (Fsp3) is 0.667. The van der Waals surface area contributed by atoms with E-state index in [0.717, 1.165) is 6.54 Å². The fourth-order valence-electron chi connectivity index (χ4n) is 1.80. The molecule has 1 heterocycles.